The lowest BCUT2D eigenvalue weighted by atomic mass is 9.73. The zero-order valence-corrected chi connectivity index (χ0v) is 36.1. The molecule has 0 unspecified atom stereocenters. The van der Waals surface area contributed by atoms with Gasteiger partial charge in [0.1, 0.15) is 23.9 Å². The third-order valence-electron chi connectivity index (χ3n) is 12.8. The number of hydrogen-bond acceptors (Lipinski definition) is 13. The number of aliphatic hydroxyl groups excluding tert-OH is 1. The zero-order valence-electron chi connectivity index (χ0n) is 36.1. The van der Waals surface area contributed by atoms with Crippen molar-refractivity contribution in [3.8, 4) is 11.3 Å². The third kappa shape index (κ3) is 9.33. The highest BCUT2D eigenvalue weighted by Gasteiger charge is 2.60. The molecular formula is C43H65N5O10. The molecule has 3 aliphatic rings. The van der Waals surface area contributed by atoms with Crippen LogP contribution in [0.1, 0.15) is 87.5 Å². The number of rotatable bonds is 11. The molecule has 13 atom stereocenters. The smallest absolute Gasteiger partial charge is 0.410 e. The van der Waals surface area contributed by atoms with E-state index in [1.807, 2.05) is 62.7 Å². The summed E-state index contributed by atoms with van der Waals surface area (Å²) in [5.74, 6) is -4.95. The number of pyridine rings is 1. The van der Waals surface area contributed by atoms with Crippen LogP contribution in [0.25, 0.3) is 11.3 Å². The Balaban J connectivity index is 1.43. The van der Waals surface area contributed by atoms with Gasteiger partial charge < -0.3 is 43.2 Å². The Morgan fingerprint density at radius 2 is 1.72 bits per heavy atom. The number of cyclic esters (lactones) is 1. The summed E-state index contributed by atoms with van der Waals surface area (Å²) < 4.78 is 33.2. The van der Waals surface area contributed by atoms with E-state index in [4.69, 9.17) is 23.7 Å². The molecule has 2 aromatic heterocycles. The molecule has 3 saturated heterocycles. The van der Waals surface area contributed by atoms with E-state index in [9.17, 15) is 24.3 Å². The van der Waals surface area contributed by atoms with Gasteiger partial charge in [0.2, 0.25) is 0 Å². The Labute approximate surface area is 343 Å². The Kier molecular flexibility index (Phi) is 14.6. The molecule has 0 aromatic carbocycles. The van der Waals surface area contributed by atoms with Crippen LogP contribution < -0.4 is 0 Å². The van der Waals surface area contributed by atoms with Crippen LogP contribution in [0.5, 0.6) is 0 Å². The number of ether oxygens (including phenoxy) is 5. The van der Waals surface area contributed by atoms with Gasteiger partial charge in [-0.2, -0.15) is 0 Å². The lowest BCUT2D eigenvalue weighted by Crippen LogP contribution is -2.60. The quantitative estimate of drug-likeness (QED) is 0.184. The maximum absolute atomic E-state index is 14.7. The van der Waals surface area contributed by atoms with Gasteiger partial charge in [-0.1, -0.05) is 27.7 Å². The van der Waals surface area contributed by atoms with Crippen molar-refractivity contribution in [3.05, 3.63) is 37.1 Å². The number of nitrogens with zero attached hydrogens (tertiary/aromatic N) is 5. The van der Waals surface area contributed by atoms with E-state index in [-0.39, 0.29) is 30.8 Å². The van der Waals surface area contributed by atoms with E-state index in [1.54, 1.807) is 51.3 Å². The van der Waals surface area contributed by atoms with Crippen LogP contribution in [-0.2, 0) is 44.6 Å². The molecule has 322 valence electrons. The third-order valence-corrected chi connectivity index (χ3v) is 12.8. The lowest BCUT2D eigenvalue weighted by molar-refractivity contribution is -0.295. The minimum absolute atomic E-state index is 0.130. The number of hydrogen-bond donors (Lipinski definition) is 1. The number of Topliss-reactive ketones (excluding diaryl/α,β-unsaturated/α-hetero) is 2. The Morgan fingerprint density at radius 3 is 2.36 bits per heavy atom. The highest BCUT2D eigenvalue weighted by atomic mass is 16.7. The molecule has 5 heterocycles. The lowest BCUT2D eigenvalue weighted by Gasteiger charge is -2.47. The summed E-state index contributed by atoms with van der Waals surface area (Å²) in [7, 11) is 5.24. The van der Waals surface area contributed by atoms with Gasteiger partial charge in [-0.05, 0) is 86.0 Å². The van der Waals surface area contributed by atoms with Gasteiger partial charge in [0.25, 0.3) is 0 Å². The first-order chi connectivity index (χ1) is 27.4. The normalized spacial score (nSPS) is 36.7. The molecular weight excluding hydrogens is 746 g/mol. The molecule has 15 heteroatoms. The number of carbonyl (C=O) groups excluding carboxylic acids is 4. The molecule has 0 spiro atoms. The van der Waals surface area contributed by atoms with Gasteiger partial charge >= 0.3 is 12.1 Å². The number of imidazole rings is 1. The molecule has 0 radical (unpaired) electrons. The molecule has 0 saturated carbocycles. The largest absolute Gasteiger partial charge is 0.458 e. The maximum atomic E-state index is 14.7. The fraction of sp³-hybridized carbons (Fsp3) is 0.721. The molecule has 3 fully saturated rings. The highest BCUT2D eigenvalue weighted by molar-refractivity contribution is 6.00. The topological polar surface area (TPSA) is 172 Å². The number of unbranched alkanes of at least 4 members (excludes halogenated alkanes) is 1. The number of fused-ring (bicyclic) bond motifs is 1. The summed E-state index contributed by atoms with van der Waals surface area (Å²) in [4.78, 5) is 69.0. The first-order valence-electron chi connectivity index (χ1n) is 20.8. The van der Waals surface area contributed by atoms with Crippen LogP contribution in [0.4, 0.5) is 4.79 Å². The number of carbonyl (C=O) groups is 4. The van der Waals surface area contributed by atoms with Gasteiger partial charge in [-0.3, -0.25) is 19.4 Å². The molecule has 3 aliphatic heterocycles. The van der Waals surface area contributed by atoms with Crippen molar-refractivity contribution in [1.29, 1.82) is 0 Å². The molecule has 1 amide bonds. The fourth-order valence-corrected chi connectivity index (χ4v) is 9.43. The predicted molar refractivity (Wildman–Crippen MR) is 214 cm³/mol. The maximum Gasteiger partial charge on any atom is 0.410 e. The molecule has 1 N–H and O–H groups in total. The highest BCUT2D eigenvalue weighted by Crippen LogP contribution is 2.43. The van der Waals surface area contributed by atoms with Gasteiger partial charge in [0, 0.05) is 68.1 Å². The number of aromatic nitrogens is 3. The first-order valence-corrected chi connectivity index (χ1v) is 20.8. The average molecular weight is 812 g/mol. The van der Waals surface area contributed by atoms with E-state index in [1.165, 1.54) is 14.0 Å². The second-order valence-corrected chi connectivity index (χ2v) is 17.3. The molecule has 2 aromatic rings. The molecule has 58 heavy (non-hydrogen) atoms. The van der Waals surface area contributed by atoms with Crippen molar-refractivity contribution in [2.24, 2.45) is 23.7 Å². The van der Waals surface area contributed by atoms with Crippen LogP contribution in [0, 0.1) is 23.7 Å². The molecule has 15 nitrogen and oxygen atoms in total. The van der Waals surface area contributed by atoms with Crippen molar-refractivity contribution in [3.63, 3.8) is 0 Å². The summed E-state index contributed by atoms with van der Waals surface area (Å²) in [5, 5.41) is 11.4. The van der Waals surface area contributed by atoms with Crippen molar-refractivity contribution in [1.82, 2.24) is 24.3 Å². The molecule has 5 rings (SSSR count). The van der Waals surface area contributed by atoms with Crippen LogP contribution in [-0.4, -0.2) is 135 Å². The first kappa shape index (κ1) is 45.3. The zero-order chi connectivity index (χ0) is 42.7. The SMILES string of the molecule is CC[C@H]1OC(=O)[C@H](C)C(=O)[C@H](C)[C@@H](O[C@@H]2O[C@H](C)C[C@H](N(C)C)[C@H]2O)[C@@](C)(OC)C[C@H](C)C(=O)[C@@H](C)[C@H]2N(CCCCn3cnc(-c4cccnc4)c3)C(=O)O[C@]12C. The van der Waals surface area contributed by atoms with E-state index in [0.29, 0.717) is 32.4 Å². The number of esters is 1. The predicted octanol–water partition coefficient (Wildman–Crippen LogP) is 4.93. The monoisotopic (exact) mass is 811 g/mol. The minimum atomic E-state index is -1.40. The van der Waals surface area contributed by atoms with Crippen molar-refractivity contribution >= 4 is 23.6 Å². The van der Waals surface area contributed by atoms with E-state index in [2.05, 4.69) is 9.97 Å². The van der Waals surface area contributed by atoms with Crippen LogP contribution in [0.3, 0.4) is 0 Å². The Hall–Kier alpha value is -3.76. The number of aryl methyl sites for hydroxylation is 1. The summed E-state index contributed by atoms with van der Waals surface area (Å²) in [6, 6.07) is 2.74. The second-order valence-electron chi connectivity index (χ2n) is 17.3. The second kappa shape index (κ2) is 18.7. The number of amides is 1. The number of methoxy groups -OCH3 is 1. The summed E-state index contributed by atoms with van der Waals surface area (Å²) in [6.07, 6.45) is 4.45. The number of aliphatic hydroxyl groups is 1. The average Bonchev–Trinajstić information content (AvgIpc) is 3.78. The van der Waals surface area contributed by atoms with Crippen LogP contribution in [0.15, 0.2) is 37.1 Å². The van der Waals surface area contributed by atoms with Gasteiger partial charge in [0.05, 0.1) is 35.9 Å². The fourth-order valence-electron chi connectivity index (χ4n) is 9.43. The van der Waals surface area contributed by atoms with Gasteiger partial charge in [0.15, 0.2) is 17.7 Å². The number of ketones is 2. The van der Waals surface area contributed by atoms with Crippen LogP contribution in [0.2, 0.25) is 0 Å². The Bertz CT molecular complexity index is 1740. The summed E-state index contributed by atoms with van der Waals surface area (Å²) in [6.45, 7) is 14.9. The van der Waals surface area contributed by atoms with Crippen molar-refractivity contribution in [2.75, 3.05) is 27.7 Å². The van der Waals surface area contributed by atoms with Crippen molar-refractivity contribution < 1.29 is 48.0 Å². The van der Waals surface area contributed by atoms with E-state index >= 15 is 0 Å². The van der Waals surface area contributed by atoms with E-state index in [0.717, 1.165) is 11.3 Å². The van der Waals surface area contributed by atoms with Crippen molar-refractivity contribution in [2.45, 2.75) is 148 Å². The van der Waals surface area contributed by atoms with E-state index < -0.39 is 83.4 Å². The van der Waals surface area contributed by atoms with Gasteiger partial charge in [-0.25, -0.2) is 9.78 Å². The summed E-state index contributed by atoms with van der Waals surface area (Å²) >= 11 is 0. The Morgan fingerprint density at radius 1 is 1.02 bits per heavy atom. The van der Waals surface area contributed by atoms with Crippen LogP contribution >= 0.6 is 0 Å². The molecule has 0 aliphatic carbocycles. The summed E-state index contributed by atoms with van der Waals surface area (Å²) in [5.41, 5.74) is -0.938. The molecule has 0 bridgehead atoms. The standard InChI is InChI=1S/C43H65N5O10/c1-12-33-43(8)37(48(41(53)58-43)19-14-13-18-47-23-31(45-24-47)30-16-15-17-44-22-30)27(4)34(49)25(2)21-42(7,54-11)38(28(5)35(50)29(6)39(52)56-33)57-40-36(51)32(46(9)10)20-26(3)55-40/h15-17,22-29,32-33,36-38,40,51H,12-14,18-21H2,1-11H3/t25-,26+,27+,28-,29+,32-,33+,36+,37+,38+,40-,42-,43+/m0/s1. The number of likely N-dealkylation sites (N-methyl/N-ethyl adjacent to an activating group) is 1. The minimum Gasteiger partial charge on any atom is -0.458 e. The van der Waals surface area contributed by atoms with Gasteiger partial charge in [-0.15, -0.1) is 0 Å².